The molecule has 212 valence electrons. The number of rotatable bonds is 9. The molecule has 3 aromatic carbocycles. The van der Waals surface area contributed by atoms with Gasteiger partial charge in [-0.2, -0.15) is 8.42 Å². The summed E-state index contributed by atoms with van der Waals surface area (Å²) in [6.07, 6.45) is 0.759. The van der Waals surface area contributed by atoms with Crippen LogP contribution in [0.3, 0.4) is 0 Å². The standard InChI is InChI=1S/C31H28O7S.CH2O/c1-4-17-37-30-20-29(16-10-25-7-13-27(14-8-25)23(3)33)31(38-18-19-39(34,35)36)21-28(30)15-9-24-5-11-26(12-6-24)22(2)32;1-2/h5-8,11-14,20-21H,4,17-19H2,1-3H3,(H,34,35,36);1H2. The van der Waals surface area contributed by atoms with Crippen molar-refractivity contribution in [2.75, 3.05) is 19.0 Å². The summed E-state index contributed by atoms with van der Waals surface area (Å²) in [4.78, 5) is 31.1. The van der Waals surface area contributed by atoms with Crippen molar-refractivity contribution >= 4 is 28.5 Å². The van der Waals surface area contributed by atoms with Crippen molar-refractivity contribution in [1.29, 1.82) is 0 Å². The quantitative estimate of drug-likeness (QED) is 0.220. The monoisotopic (exact) mass is 574 g/mol. The summed E-state index contributed by atoms with van der Waals surface area (Å²) in [5.74, 6) is 12.2. The van der Waals surface area contributed by atoms with E-state index >= 15 is 0 Å². The summed E-state index contributed by atoms with van der Waals surface area (Å²) < 4.78 is 43.2. The van der Waals surface area contributed by atoms with E-state index in [0.29, 0.717) is 45.7 Å². The normalized spacial score (nSPS) is 10.0. The van der Waals surface area contributed by atoms with Gasteiger partial charge in [0.2, 0.25) is 0 Å². The summed E-state index contributed by atoms with van der Waals surface area (Å²) in [5, 5.41) is 0. The smallest absolute Gasteiger partial charge is 0.268 e. The molecule has 0 spiro atoms. The molecule has 0 atom stereocenters. The molecule has 0 aromatic heterocycles. The van der Waals surface area contributed by atoms with Gasteiger partial charge in [-0.3, -0.25) is 14.1 Å². The van der Waals surface area contributed by atoms with Gasteiger partial charge in [0.25, 0.3) is 10.1 Å². The van der Waals surface area contributed by atoms with E-state index in [-0.39, 0.29) is 23.9 Å². The van der Waals surface area contributed by atoms with E-state index in [4.69, 9.17) is 18.8 Å². The van der Waals surface area contributed by atoms with E-state index in [1.807, 2.05) is 13.7 Å². The topological polar surface area (TPSA) is 124 Å². The highest BCUT2D eigenvalue weighted by Crippen LogP contribution is 2.29. The average molecular weight is 575 g/mol. The first-order valence-electron chi connectivity index (χ1n) is 12.5. The van der Waals surface area contributed by atoms with Gasteiger partial charge in [0.15, 0.2) is 11.6 Å². The first kappa shape index (κ1) is 32.5. The van der Waals surface area contributed by atoms with Gasteiger partial charge in [-0.05, 0) is 44.5 Å². The molecule has 0 heterocycles. The fourth-order valence-corrected chi connectivity index (χ4v) is 3.61. The second-order valence-corrected chi connectivity index (χ2v) is 10.2. The van der Waals surface area contributed by atoms with Gasteiger partial charge in [-0.15, -0.1) is 0 Å². The lowest BCUT2D eigenvalue weighted by Gasteiger charge is -2.13. The molecule has 0 amide bonds. The molecule has 9 heteroatoms. The Bertz CT molecular complexity index is 1600. The summed E-state index contributed by atoms with van der Waals surface area (Å²) in [6, 6.07) is 17.0. The van der Waals surface area contributed by atoms with Gasteiger partial charge in [0.05, 0.1) is 17.7 Å². The Morgan fingerprint density at radius 1 is 0.732 bits per heavy atom. The van der Waals surface area contributed by atoms with Crippen molar-refractivity contribution in [1.82, 2.24) is 0 Å². The van der Waals surface area contributed by atoms with E-state index in [9.17, 15) is 18.0 Å². The molecule has 0 aliphatic heterocycles. The van der Waals surface area contributed by atoms with Crippen molar-refractivity contribution in [3.63, 3.8) is 0 Å². The average Bonchev–Trinajstić information content (AvgIpc) is 2.95. The Kier molecular flexibility index (Phi) is 12.5. The molecular formula is C32H30O8S. The molecule has 41 heavy (non-hydrogen) atoms. The van der Waals surface area contributed by atoms with Crippen LogP contribution in [-0.4, -0.2) is 50.3 Å². The number of hydrogen-bond acceptors (Lipinski definition) is 7. The second-order valence-electron chi connectivity index (χ2n) is 8.59. The SMILES string of the molecule is C=O.CCCOc1cc(C#Cc2ccc(C(C)=O)cc2)c(OCCS(=O)(=O)O)cc1C#Cc1ccc(C(C)=O)cc1. The summed E-state index contributed by atoms with van der Waals surface area (Å²) in [6.45, 7) is 7.09. The highest BCUT2D eigenvalue weighted by Gasteiger charge is 2.13. The highest BCUT2D eigenvalue weighted by atomic mass is 32.2. The van der Waals surface area contributed by atoms with E-state index in [2.05, 4.69) is 23.7 Å². The minimum Gasteiger partial charge on any atom is -0.492 e. The zero-order valence-electron chi connectivity index (χ0n) is 23.0. The van der Waals surface area contributed by atoms with Crippen molar-refractivity contribution in [3.05, 3.63) is 94.0 Å². The van der Waals surface area contributed by atoms with Gasteiger partial charge in [0, 0.05) is 34.4 Å². The van der Waals surface area contributed by atoms with Crippen LogP contribution >= 0.6 is 0 Å². The number of hydrogen-bond donors (Lipinski definition) is 1. The summed E-state index contributed by atoms with van der Waals surface area (Å²) >= 11 is 0. The van der Waals surface area contributed by atoms with Crippen molar-refractivity contribution in [2.45, 2.75) is 27.2 Å². The van der Waals surface area contributed by atoms with E-state index in [1.54, 1.807) is 60.7 Å². The van der Waals surface area contributed by atoms with E-state index in [0.717, 1.165) is 6.42 Å². The van der Waals surface area contributed by atoms with Crippen LogP contribution in [0.2, 0.25) is 0 Å². The molecule has 0 unspecified atom stereocenters. The maximum absolute atomic E-state index is 11.5. The zero-order chi connectivity index (χ0) is 30.4. The van der Waals surface area contributed by atoms with Crippen molar-refractivity contribution in [2.24, 2.45) is 0 Å². The molecule has 3 rings (SSSR count). The number of carbonyl (C=O) groups excluding carboxylic acids is 3. The molecule has 0 aliphatic carbocycles. The van der Waals surface area contributed by atoms with Gasteiger partial charge < -0.3 is 14.3 Å². The van der Waals surface area contributed by atoms with Gasteiger partial charge in [0.1, 0.15) is 30.6 Å². The molecule has 0 fully saturated rings. The lowest BCUT2D eigenvalue weighted by atomic mass is 10.1. The summed E-state index contributed by atoms with van der Waals surface area (Å²) in [7, 11) is -4.23. The number of Topliss-reactive ketones (excluding diaryl/α,β-unsaturated/α-hetero) is 2. The van der Waals surface area contributed by atoms with Crippen LogP contribution in [0.1, 0.15) is 70.2 Å². The first-order chi connectivity index (χ1) is 19.6. The summed E-state index contributed by atoms with van der Waals surface area (Å²) in [5.41, 5.74) is 3.44. The maximum atomic E-state index is 11.5. The number of ether oxygens (including phenoxy) is 2. The molecule has 8 nitrogen and oxygen atoms in total. The Balaban J connectivity index is 0.00000287. The second kappa shape index (κ2) is 15.8. The van der Waals surface area contributed by atoms with Crippen molar-refractivity contribution < 1.29 is 36.8 Å². The third-order valence-electron chi connectivity index (χ3n) is 5.41. The van der Waals surface area contributed by atoms with Gasteiger partial charge >= 0.3 is 0 Å². The molecule has 0 bridgehead atoms. The molecule has 0 saturated heterocycles. The predicted molar refractivity (Wildman–Crippen MR) is 156 cm³/mol. The minimum absolute atomic E-state index is 0.0389. The zero-order valence-corrected chi connectivity index (χ0v) is 23.8. The van der Waals surface area contributed by atoms with Crippen LogP contribution in [0, 0.1) is 23.7 Å². The van der Waals surface area contributed by atoms with E-state index < -0.39 is 15.9 Å². The lowest BCUT2D eigenvalue weighted by Crippen LogP contribution is -2.13. The highest BCUT2D eigenvalue weighted by molar-refractivity contribution is 7.85. The van der Waals surface area contributed by atoms with Crippen LogP contribution in [0.4, 0.5) is 0 Å². The third kappa shape index (κ3) is 10.8. The number of carbonyl (C=O) groups is 3. The molecular weight excluding hydrogens is 544 g/mol. The number of benzene rings is 3. The fourth-order valence-electron chi connectivity index (χ4n) is 3.32. The van der Waals surface area contributed by atoms with Crippen LogP contribution in [0.5, 0.6) is 11.5 Å². The first-order valence-corrected chi connectivity index (χ1v) is 14.1. The third-order valence-corrected chi connectivity index (χ3v) is 6.09. The van der Waals surface area contributed by atoms with Crippen LogP contribution in [0.15, 0.2) is 60.7 Å². The minimum atomic E-state index is -4.23. The van der Waals surface area contributed by atoms with Crippen LogP contribution in [-0.2, 0) is 14.9 Å². The Morgan fingerprint density at radius 3 is 1.46 bits per heavy atom. The van der Waals surface area contributed by atoms with Crippen molar-refractivity contribution in [3.8, 4) is 35.2 Å². The predicted octanol–water partition coefficient (Wildman–Crippen LogP) is 4.76. The lowest BCUT2D eigenvalue weighted by molar-refractivity contribution is -0.0980. The molecule has 0 saturated carbocycles. The largest absolute Gasteiger partial charge is 0.492 e. The Labute approximate surface area is 240 Å². The molecule has 0 aliphatic rings. The molecule has 0 radical (unpaired) electrons. The number of ketones is 2. The Hall–Kier alpha value is -4.70. The molecule has 3 aromatic rings. The molecule has 1 N–H and O–H groups in total. The van der Waals surface area contributed by atoms with Crippen LogP contribution in [0.25, 0.3) is 0 Å². The van der Waals surface area contributed by atoms with E-state index in [1.165, 1.54) is 13.8 Å². The van der Waals surface area contributed by atoms with Gasteiger partial charge in [-0.1, -0.05) is 54.9 Å². The van der Waals surface area contributed by atoms with Crippen LogP contribution < -0.4 is 9.47 Å². The maximum Gasteiger partial charge on any atom is 0.268 e. The fraction of sp³-hybridized carbons (Fsp3) is 0.219. The Morgan fingerprint density at radius 2 is 1.12 bits per heavy atom. The van der Waals surface area contributed by atoms with Gasteiger partial charge in [-0.25, -0.2) is 0 Å².